The highest BCUT2D eigenvalue weighted by Crippen LogP contribution is 2.58. The molecule has 0 radical (unpaired) electrons. The Bertz CT molecular complexity index is 1850. The number of allylic oxidation sites excluding steroid dienone is 13. The number of Topliss-reactive ketones (excluding diaryl/α,β-unsaturated/α-hetero) is 1. The largest absolute Gasteiger partial charge is 0.294 e. The van der Waals surface area contributed by atoms with Gasteiger partial charge >= 0.3 is 0 Å². The Morgan fingerprint density at radius 3 is 2.68 bits per heavy atom. The lowest BCUT2D eigenvalue weighted by atomic mass is 9.90. The molecule has 1 aromatic carbocycles. The number of halogens is 1. The monoisotopic (exact) mass is 684 g/mol. The van der Waals surface area contributed by atoms with Crippen LogP contribution >= 0.6 is 11.6 Å². The highest BCUT2D eigenvalue weighted by atomic mass is 35.5. The van der Waals surface area contributed by atoms with Crippen LogP contribution in [0.4, 0.5) is 0 Å². The zero-order valence-corrected chi connectivity index (χ0v) is 31.5. The van der Waals surface area contributed by atoms with E-state index in [4.69, 9.17) is 28.0 Å². The molecule has 0 amide bonds. The van der Waals surface area contributed by atoms with Crippen LogP contribution in [0, 0.1) is 48.9 Å². The number of aryl methyl sites for hydroxylation is 1. The SMILES string of the molecule is C#CC(=CC=C(C)CN=C1CCC2=C(C=N1)C=C(c1cc(C)c(C3=CCC(C)=CC=C3)cc1Cl)C(=O)C1C(CC)C21)C1CCCC(CC)CC1. The van der Waals surface area contributed by atoms with E-state index < -0.39 is 0 Å². The molecular weight excluding hydrogens is 632 g/mol. The zero-order valence-electron chi connectivity index (χ0n) is 30.7. The third kappa shape index (κ3) is 7.92. The highest BCUT2D eigenvalue weighted by molar-refractivity contribution is 6.36. The molecule has 4 aliphatic carbocycles. The van der Waals surface area contributed by atoms with Crippen molar-refractivity contribution in [1.82, 2.24) is 0 Å². The summed E-state index contributed by atoms with van der Waals surface area (Å²) < 4.78 is 0. The Labute approximate surface area is 305 Å². The maximum Gasteiger partial charge on any atom is 0.167 e. The number of carbonyl (C=O) groups excluding carboxylic acids is 1. The molecule has 0 aromatic heterocycles. The molecule has 3 nitrogen and oxygen atoms in total. The molecule has 0 spiro atoms. The number of hydrogen-bond donors (Lipinski definition) is 0. The number of nitrogens with zero attached hydrogens (tertiary/aromatic N) is 2. The van der Waals surface area contributed by atoms with Gasteiger partial charge in [-0.05, 0) is 117 Å². The van der Waals surface area contributed by atoms with Gasteiger partial charge in [-0.3, -0.25) is 9.79 Å². The minimum absolute atomic E-state index is 0.00636. The molecule has 1 aromatic rings. The molecule has 2 saturated carbocycles. The van der Waals surface area contributed by atoms with Crippen molar-refractivity contribution >= 4 is 40.6 Å². The second kappa shape index (κ2) is 16.1. The van der Waals surface area contributed by atoms with Crippen LogP contribution in [0.3, 0.4) is 0 Å². The molecular formula is C46H53ClN2O. The molecule has 50 heavy (non-hydrogen) atoms. The first-order valence-electron chi connectivity index (χ1n) is 19.0. The highest BCUT2D eigenvalue weighted by Gasteiger charge is 2.56. The van der Waals surface area contributed by atoms with Gasteiger partial charge in [0.2, 0.25) is 0 Å². The molecule has 0 saturated heterocycles. The van der Waals surface area contributed by atoms with E-state index in [1.807, 2.05) is 12.3 Å². The van der Waals surface area contributed by atoms with Crippen LogP contribution in [0.5, 0.6) is 0 Å². The summed E-state index contributed by atoms with van der Waals surface area (Å²) in [6.45, 7) is 11.5. The van der Waals surface area contributed by atoms with Crippen LogP contribution in [-0.4, -0.2) is 24.4 Å². The van der Waals surface area contributed by atoms with E-state index in [1.54, 1.807) is 0 Å². The number of aliphatic imine (C=N–C) groups is 2. The minimum Gasteiger partial charge on any atom is -0.294 e. The van der Waals surface area contributed by atoms with Crippen molar-refractivity contribution < 1.29 is 4.79 Å². The van der Waals surface area contributed by atoms with Gasteiger partial charge in [0.25, 0.3) is 0 Å². The molecule has 2 fully saturated rings. The van der Waals surface area contributed by atoms with Crippen LogP contribution in [0.2, 0.25) is 5.02 Å². The summed E-state index contributed by atoms with van der Waals surface area (Å²) in [4.78, 5) is 24.0. The molecule has 5 aliphatic rings. The van der Waals surface area contributed by atoms with Crippen molar-refractivity contribution in [2.24, 2.45) is 39.6 Å². The molecule has 5 unspecified atom stereocenters. The normalized spacial score (nSPS) is 28.0. The minimum atomic E-state index is 0.00636. The summed E-state index contributed by atoms with van der Waals surface area (Å²) in [5.41, 5.74) is 10.9. The van der Waals surface area contributed by atoms with Crippen molar-refractivity contribution in [2.75, 3.05) is 6.54 Å². The van der Waals surface area contributed by atoms with E-state index in [-0.39, 0.29) is 17.6 Å². The quantitative estimate of drug-likeness (QED) is 0.153. The van der Waals surface area contributed by atoms with Gasteiger partial charge in [0.1, 0.15) is 5.84 Å². The molecule has 5 atom stereocenters. The van der Waals surface area contributed by atoms with Gasteiger partial charge in [0.15, 0.2) is 5.78 Å². The van der Waals surface area contributed by atoms with Gasteiger partial charge in [0, 0.05) is 40.3 Å². The third-order valence-corrected chi connectivity index (χ3v) is 12.1. The number of amidine groups is 1. The fourth-order valence-corrected chi connectivity index (χ4v) is 8.91. The van der Waals surface area contributed by atoms with Crippen molar-refractivity contribution in [3.8, 4) is 12.3 Å². The zero-order chi connectivity index (χ0) is 35.4. The van der Waals surface area contributed by atoms with Gasteiger partial charge in [-0.25, -0.2) is 4.99 Å². The average Bonchev–Trinajstić information content (AvgIpc) is 3.93. The third-order valence-electron chi connectivity index (χ3n) is 11.8. The number of rotatable bonds is 8. The molecule has 260 valence electrons. The Kier molecular flexibility index (Phi) is 11.6. The Balaban J connectivity index is 1.22. The summed E-state index contributed by atoms with van der Waals surface area (Å²) >= 11 is 7.05. The Morgan fingerprint density at radius 2 is 1.90 bits per heavy atom. The molecule has 1 heterocycles. The second-order valence-corrected chi connectivity index (χ2v) is 15.6. The van der Waals surface area contributed by atoms with Crippen LogP contribution in [0.25, 0.3) is 11.1 Å². The maximum atomic E-state index is 14.2. The van der Waals surface area contributed by atoms with E-state index >= 15 is 0 Å². The summed E-state index contributed by atoms with van der Waals surface area (Å²) in [5.74, 6) is 6.07. The van der Waals surface area contributed by atoms with Crippen molar-refractivity contribution in [1.29, 1.82) is 0 Å². The predicted molar refractivity (Wildman–Crippen MR) is 214 cm³/mol. The first kappa shape index (κ1) is 36.1. The van der Waals surface area contributed by atoms with Crippen LogP contribution in [0.15, 0.2) is 92.5 Å². The Morgan fingerprint density at radius 1 is 1.06 bits per heavy atom. The lowest BCUT2D eigenvalue weighted by Gasteiger charge is -2.15. The van der Waals surface area contributed by atoms with Crippen LogP contribution in [0.1, 0.15) is 109 Å². The standard InChI is InChI=1S/C46H53ClN2O/c1-7-32-13-11-14-34(21-18-32)33(8-2)19-17-30(5)27-48-43-23-22-38-36(28-49-43)25-41(46(50)45-37(9-3)44(38)45)40-24-31(6)39(26-42(40)47)35-15-10-12-29(4)16-20-35/h2,10,12,15,17,19-20,24-26,28,32,34,37,44-45H,7,9,11,13-14,16,18,21-23,27H2,1,3-6H3. The predicted octanol–water partition coefficient (Wildman–Crippen LogP) is 11.8. The number of carbonyl (C=O) groups is 1. The fourth-order valence-electron chi connectivity index (χ4n) is 8.64. The first-order valence-corrected chi connectivity index (χ1v) is 19.3. The molecule has 0 bridgehead atoms. The van der Waals surface area contributed by atoms with Crippen LogP contribution in [-0.2, 0) is 4.79 Å². The Hall–Kier alpha value is -3.74. The van der Waals surface area contributed by atoms with Crippen molar-refractivity contribution in [3.05, 3.63) is 104 Å². The van der Waals surface area contributed by atoms with E-state index in [0.717, 1.165) is 70.8 Å². The smallest absolute Gasteiger partial charge is 0.167 e. The first-order chi connectivity index (χ1) is 24.2. The number of terminal acetylenes is 1. The van der Waals surface area contributed by atoms with Crippen molar-refractivity contribution in [2.45, 2.75) is 98.8 Å². The van der Waals surface area contributed by atoms with Crippen LogP contribution < -0.4 is 0 Å². The van der Waals surface area contributed by atoms with Crippen molar-refractivity contribution in [3.63, 3.8) is 0 Å². The molecule has 4 heteroatoms. The van der Waals surface area contributed by atoms with E-state index in [9.17, 15) is 4.79 Å². The molecule has 0 N–H and O–H groups in total. The van der Waals surface area contributed by atoms with Gasteiger partial charge in [-0.15, -0.1) is 6.42 Å². The number of fused-ring (bicyclic) bond motifs is 2. The van der Waals surface area contributed by atoms with Gasteiger partial charge < -0.3 is 0 Å². The summed E-state index contributed by atoms with van der Waals surface area (Å²) in [6.07, 6.45) is 34.1. The number of hydrogen-bond acceptors (Lipinski definition) is 2. The van der Waals surface area contributed by atoms with Gasteiger partial charge in [-0.2, -0.15) is 0 Å². The molecule has 1 aliphatic heterocycles. The number of ketones is 1. The lowest BCUT2D eigenvalue weighted by molar-refractivity contribution is -0.115. The maximum absolute atomic E-state index is 14.2. The van der Waals surface area contributed by atoms with Gasteiger partial charge in [-0.1, -0.05) is 110 Å². The summed E-state index contributed by atoms with van der Waals surface area (Å²) in [7, 11) is 0. The topological polar surface area (TPSA) is 41.8 Å². The fraction of sp³-hybridized carbons (Fsp3) is 0.457. The summed E-state index contributed by atoms with van der Waals surface area (Å²) in [5, 5.41) is 0.615. The lowest BCUT2D eigenvalue weighted by Crippen LogP contribution is -2.08. The number of benzene rings is 1. The summed E-state index contributed by atoms with van der Waals surface area (Å²) in [6, 6.07) is 4.15. The van der Waals surface area contributed by atoms with Gasteiger partial charge in [0.05, 0.1) is 6.54 Å². The average molecular weight is 685 g/mol. The van der Waals surface area contributed by atoms with E-state index in [1.165, 1.54) is 55.2 Å². The molecule has 6 rings (SSSR count). The second-order valence-electron chi connectivity index (χ2n) is 15.2. The van der Waals surface area contributed by atoms with E-state index in [0.29, 0.717) is 29.0 Å². The van der Waals surface area contributed by atoms with E-state index in [2.05, 4.69) is 89.1 Å².